The third kappa shape index (κ3) is 9.36. The zero-order valence-electron chi connectivity index (χ0n) is 36.5. The Morgan fingerprint density at radius 2 is 1.57 bits per heavy atom. The van der Waals surface area contributed by atoms with E-state index in [9.17, 15) is 28.8 Å². The molecule has 7 heterocycles. The van der Waals surface area contributed by atoms with Crippen LogP contribution in [0.5, 0.6) is 0 Å². The molecular weight excluding hydrogens is 829 g/mol. The standard InChI is InChI=1S/C48H54N10O7/c59-41-21-19-39(46(62)52-41)58-47(63)36-11-8-12-38(43(36)48(58)64)56-29-33(30-56)45(61)49-22-7-5-3-1-2-4-6-13-42(60)55-25-23-54(24-26-55)34-16-14-32(15-17-34)37-28-50-40(57-31-51-53-44(37)57)20-18-35-10-9-27-65-35/h8-12,14-17,27-28,31,33,39H,1-7,13,18-26,29-30H2,(H,49,61)(H,52,59,62). The van der Waals surface area contributed by atoms with E-state index in [-0.39, 0.29) is 41.7 Å². The number of carbonyl (C=O) groups excluding carboxylic acids is 6. The zero-order valence-corrected chi connectivity index (χ0v) is 36.5. The molecule has 0 spiro atoms. The smallest absolute Gasteiger partial charge is 0.264 e. The molecule has 2 aromatic carbocycles. The SMILES string of the molecule is O=C1CCC(N2C(=O)c3cccc(N4CC(C(=O)NCCCCCCCCCC(=O)N5CCN(c6ccc(-c7cnc(CCc8ccco8)n8cnnc78)cc6)CC5)C4)c3C2=O)C(=O)N1. The van der Waals surface area contributed by atoms with E-state index in [0.29, 0.717) is 51.3 Å². The highest BCUT2D eigenvalue weighted by Crippen LogP contribution is 2.37. The first-order valence-corrected chi connectivity index (χ1v) is 22.9. The zero-order chi connectivity index (χ0) is 44.9. The summed E-state index contributed by atoms with van der Waals surface area (Å²) in [5.74, 6) is -0.373. The number of nitrogens with zero attached hydrogens (tertiary/aromatic N) is 8. The van der Waals surface area contributed by atoms with Gasteiger partial charge in [0.05, 0.1) is 29.0 Å². The van der Waals surface area contributed by atoms with Gasteiger partial charge in [0.1, 0.15) is 24.0 Å². The number of carbonyl (C=O) groups is 6. The molecule has 6 amide bonds. The minimum Gasteiger partial charge on any atom is -0.469 e. The molecule has 3 saturated heterocycles. The van der Waals surface area contributed by atoms with Gasteiger partial charge in [-0.05, 0) is 61.2 Å². The van der Waals surface area contributed by atoms with E-state index in [1.807, 2.05) is 32.5 Å². The predicted octanol–water partition coefficient (Wildman–Crippen LogP) is 4.59. The number of nitrogens with one attached hydrogen (secondary N) is 2. The molecule has 2 N–H and O–H groups in total. The highest BCUT2D eigenvalue weighted by molar-refractivity contribution is 6.25. The minimum atomic E-state index is -1.02. The topological polar surface area (TPSA) is 196 Å². The maximum absolute atomic E-state index is 13.4. The molecule has 65 heavy (non-hydrogen) atoms. The number of piperazine rings is 1. The molecule has 0 bridgehead atoms. The van der Waals surface area contributed by atoms with Crippen molar-refractivity contribution in [2.75, 3.05) is 55.6 Å². The number of rotatable bonds is 18. The van der Waals surface area contributed by atoms with Crippen LogP contribution in [0.15, 0.2) is 77.8 Å². The Hall–Kier alpha value is -6.91. The minimum absolute atomic E-state index is 0.0230. The van der Waals surface area contributed by atoms with Crippen LogP contribution in [0.1, 0.15) is 96.5 Å². The first-order valence-electron chi connectivity index (χ1n) is 22.9. The number of piperidine rings is 1. The molecule has 3 fully saturated rings. The molecule has 4 aliphatic heterocycles. The summed E-state index contributed by atoms with van der Waals surface area (Å²) in [5, 5.41) is 13.8. The van der Waals surface area contributed by atoms with Crippen LogP contribution >= 0.6 is 0 Å². The summed E-state index contributed by atoms with van der Waals surface area (Å²) >= 11 is 0. The predicted molar refractivity (Wildman–Crippen MR) is 240 cm³/mol. The van der Waals surface area contributed by atoms with Gasteiger partial charge in [-0.2, -0.15) is 0 Å². The number of hydrogen-bond donors (Lipinski definition) is 2. The van der Waals surface area contributed by atoms with Crippen LogP contribution in [-0.2, 0) is 32.0 Å². The van der Waals surface area contributed by atoms with E-state index in [4.69, 9.17) is 9.40 Å². The van der Waals surface area contributed by atoms with E-state index in [1.165, 1.54) is 0 Å². The van der Waals surface area contributed by atoms with Crippen LogP contribution in [0.25, 0.3) is 16.8 Å². The molecule has 17 heteroatoms. The second-order valence-corrected chi connectivity index (χ2v) is 17.4. The second kappa shape index (κ2) is 19.5. The summed E-state index contributed by atoms with van der Waals surface area (Å²) in [4.78, 5) is 88.6. The summed E-state index contributed by atoms with van der Waals surface area (Å²) in [6.45, 7) is 4.46. The van der Waals surface area contributed by atoms with Gasteiger partial charge in [0.15, 0.2) is 5.65 Å². The number of imide groups is 2. The van der Waals surface area contributed by atoms with Gasteiger partial charge < -0.3 is 24.4 Å². The van der Waals surface area contributed by atoms with Crippen molar-refractivity contribution >= 4 is 52.5 Å². The van der Waals surface area contributed by atoms with Crippen molar-refractivity contribution in [3.05, 3.63) is 96.1 Å². The fraction of sp³-hybridized carbons (Fsp3) is 0.438. The normalized spacial score (nSPS) is 17.8. The Labute approximate surface area is 376 Å². The largest absolute Gasteiger partial charge is 0.469 e. The molecule has 17 nitrogen and oxygen atoms in total. The lowest BCUT2D eigenvalue weighted by Crippen LogP contribution is -2.55. The lowest BCUT2D eigenvalue weighted by atomic mass is 9.95. The van der Waals surface area contributed by atoms with Crippen molar-refractivity contribution in [2.45, 2.75) is 83.1 Å². The van der Waals surface area contributed by atoms with Crippen molar-refractivity contribution in [3.63, 3.8) is 0 Å². The van der Waals surface area contributed by atoms with Crippen LogP contribution in [0.4, 0.5) is 11.4 Å². The van der Waals surface area contributed by atoms with Crippen molar-refractivity contribution in [1.82, 2.24) is 40.0 Å². The Morgan fingerprint density at radius 1 is 0.800 bits per heavy atom. The Morgan fingerprint density at radius 3 is 2.32 bits per heavy atom. The first kappa shape index (κ1) is 43.3. The molecule has 1 atom stereocenters. The van der Waals surface area contributed by atoms with Crippen molar-refractivity contribution in [1.29, 1.82) is 0 Å². The third-order valence-corrected chi connectivity index (χ3v) is 13.2. The number of aromatic nitrogens is 4. The number of unbranched alkanes of at least 4 members (excludes halogenated alkanes) is 6. The van der Waals surface area contributed by atoms with E-state index in [1.54, 1.807) is 30.8 Å². The number of fused-ring (bicyclic) bond motifs is 2. The Bertz CT molecular complexity index is 2560. The van der Waals surface area contributed by atoms with Crippen molar-refractivity contribution in [3.8, 4) is 11.1 Å². The van der Waals surface area contributed by atoms with Crippen LogP contribution in [-0.4, -0.2) is 117 Å². The molecule has 9 rings (SSSR count). The molecule has 5 aromatic rings. The average Bonchev–Trinajstić information content (AvgIpc) is 4.07. The van der Waals surface area contributed by atoms with Gasteiger partial charge in [-0.25, -0.2) is 4.98 Å². The first-order chi connectivity index (χ1) is 31.7. The maximum atomic E-state index is 13.4. The monoisotopic (exact) mass is 882 g/mol. The summed E-state index contributed by atoms with van der Waals surface area (Å²) < 4.78 is 7.43. The number of benzene rings is 2. The third-order valence-electron chi connectivity index (χ3n) is 13.2. The van der Waals surface area contributed by atoms with Gasteiger partial charge >= 0.3 is 0 Å². The molecule has 0 aliphatic carbocycles. The van der Waals surface area contributed by atoms with Crippen molar-refractivity contribution in [2.24, 2.45) is 5.92 Å². The number of furan rings is 1. The van der Waals surface area contributed by atoms with Gasteiger partial charge in [0, 0.05) is 88.9 Å². The van der Waals surface area contributed by atoms with Gasteiger partial charge in [-0.1, -0.05) is 50.3 Å². The molecule has 338 valence electrons. The fourth-order valence-electron chi connectivity index (χ4n) is 9.41. The molecule has 4 aliphatic rings. The highest BCUT2D eigenvalue weighted by Gasteiger charge is 2.47. The number of hydrogen-bond acceptors (Lipinski definition) is 12. The number of aryl methyl sites for hydroxylation is 2. The second-order valence-electron chi connectivity index (χ2n) is 17.4. The summed E-state index contributed by atoms with van der Waals surface area (Å²) in [7, 11) is 0. The Kier molecular flexibility index (Phi) is 13.0. The lowest BCUT2D eigenvalue weighted by molar-refractivity contribution is -0.136. The van der Waals surface area contributed by atoms with Gasteiger partial charge in [-0.3, -0.25) is 43.4 Å². The maximum Gasteiger partial charge on any atom is 0.264 e. The van der Waals surface area contributed by atoms with Crippen LogP contribution in [0, 0.1) is 5.92 Å². The van der Waals surface area contributed by atoms with Gasteiger partial charge in [0.2, 0.25) is 23.6 Å². The van der Waals surface area contributed by atoms with Gasteiger partial charge in [-0.15, -0.1) is 10.2 Å². The van der Waals surface area contributed by atoms with Crippen molar-refractivity contribution < 1.29 is 33.2 Å². The molecule has 0 radical (unpaired) electrons. The molecule has 0 saturated carbocycles. The lowest BCUT2D eigenvalue weighted by Gasteiger charge is -2.40. The van der Waals surface area contributed by atoms with E-state index in [0.717, 1.165) is 103 Å². The summed E-state index contributed by atoms with van der Waals surface area (Å²) in [6.07, 6.45) is 14.5. The van der Waals surface area contributed by atoms with E-state index >= 15 is 0 Å². The number of anilines is 2. The van der Waals surface area contributed by atoms with E-state index < -0.39 is 29.7 Å². The highest BCUT2D eigenvalue weighted by atomic mass is 16.3. The summed E-state index contributed by atoms with van der Waals surface area (Å²) in [5.41, 5.74) is 4.89. The van der Waals surface area contributed by atoms with Crippen LogP contribution in [0.3, 0.4) is 0 Å². The van der Waals surface area contributed by atoms with Crippen LogP contribution < -0.4 is 20.4 Å². The quantitative estimate of drug-likeness (QED) is 0.0920. The van der Waals surface area contributed by atoms with Crippen LogP contribution in [0.2, 0.25) is 0 Å². The molecule has 3 aromatic heterocycles. The van der Waals surface area contributed by atoms with Gasteiger partial charge in [0.25, 0.3) is 11.8 Å². The molecule has 1 unspecified atom stereocenters. The van der Waals surface area contributed by atoms with E-state index in [2.05, 4.69) is 50.0 Å². The Balaban J connectivity index is 0.620. The number of amides is 6. The molecular formula is C48H54N10O7. The average molecular weight is 883 g/mol. The summed E-state index contributed by atoms with van der Waals surface area (Å²) in [6, 6.07) is 16.3. The fourth-order valence-corrected chi connectivity index (χ4v) is 9.41.